The average molecular weight is 731 g/mol. The Morgan fingerprint density at radius 1 is 0.473 bits per heavy atom. The van der Waals surface area contributed by atoms with E-state index < -0.39 is 5.97 Å². The van der Waals surface area contributed by atoms with E-state index in [-0.39, 0.29) is 76.8 Å². The number of esters is 1. The Morgan fingerprint density at radius 2 is 0.800 bits per heavy atom. The zero-order valence-electron chi connectivity index (χ0n) is 30.3. The minimum absolute atomic E-state index is 0.128. The monoisotopic (exact) mass is 730 g/mol. The molecule has 55 heavy (non-hydrogen) atoms. The summed E-state index contributed by atoms with van der Waals surface area (Å²) in [5, 5.41) is 0. The van der Waals surface area contributed by atoms with Crippen molar-refractivity contribution >= 4 is 46.8 Å². The average Bonchev–Trinajstić information content (AvgIpc) is 4.09. The number of amides is 4. The first-order chi connectivity index (χ1) is 26.7. The van der Waals surface area contributed by atoms with Crippen molar-refractivity contribution < 1.29 is 33.5 Å². The molecule has 10 rings (SSSR count). The van der Waals surface area contributed by atoms with Crippen molar-refractivity contribution in [3.05, 3.63) is 138 Å². The van der Waals surface area contributed by atoms with Crippen LogP contribution in [0.4, 0.5) is 11.4 Å². The molecular formula is C46H38N2O7. The topological polar surface area (TPSA) is 118 Å². The highest BCUT2D eigenvalue weighted by molar-refractivity contribution is 6.24. The Morgan fingerprint density at radius 3 is 1.18 bits per heavy atom. The van der Waals surface area contributed by atoms with Gasteiger partial charge in [-0.25, -0.2) is 4.79 Å². The molecule has 0 radical (unpaired) electrons. The normalized spacial score (nSPS) is 27.7. The summed E-state index contributed by atoms with van der Waals surface area (Å²) in [5.41, 5.74) is 3.91. The molecule has 9 nitrogen and oxygen atoms in total. The van der Waals surface area contributed by atoms with Gasteiger partial charge >= 0.3 is 5.97 Å². The smallest absolute Gasteiger partial charge is 0.343 e. The van der Waals surface area contributed by atoms with Crippen molar-refractivity contribution in [2.24, 2.45) is 47.3 Å². The van der Waals surface area contributed by atoms with Gasteiger partial charge in [-0.3, -0.25) is 33.8 Å². The van der Waals surface area contributed by atoms with Crippen LogP contribution >= 0.6 is 0 Å². The molecule has 2 heterocycles. The first kappa shape index (κ1) is 34.5. The summed E-state index contributed by atoms with van der Waals surface area (Å²) in [6, 6.07) is 27.2. The number of nitrogens with zero attached hydrogens (tertiary/aromatic N) is 2. The van der Waals surface area contributed by atoms with E-state index in [0.29, 0.717) is 33.8 Å². The van der Waals surface area contributed by atoms with Crippen LogP contribution in [-0.4, -0.2) is 35.4 Å². The third kappa shape index (κ3) is 5.43. The molecule has 4 fully saturated rings. The first-order valence-electron chi connectivity index (χ1n) is 19.0. The summed E-state index contributed by atoms with van der Waals surface area (Å²) in [6.07, 6.45) is 9.99. The van der Waals surface area contributed by atoms with Crippen LogP contribution in [0.2, 0.25) is 0 Å². The van der Waals surface area contributed by atoms with Gasteiger partial charge in [0.25, 0.3) is 0 Å². The molecule has 274 valence electrons. The highest BCUT2D eigenvalue weighted by atomic mass is 16.5. The number of carbonyl (C=O) groups is 6. The van der Waals surface area contributed by atoms with E-state index >= 15 is 0 Å². The van der Waals surface area contributed by atoms with E-state index in [0.717, 1.165) is 24.0 Å². The van der Waals surface area contributed by atoms with E-state index in [4.69, 9.17) is 4.74 Å². The molecule has 4 aromatic rings. The molecule has 0 aromatic heterocycles. The second kappa shape index (κ2) is 13.3. The Hall–Kier alpha value is -6.22. The van der Waals surface area contributed by atoms with E-state index in [1.165, 1.54) is 9.80 Å². The molecule has 2 aliphatic heterocycles. The largest absolute Gasteiger partial charge is 0.423 e. The van der Waals surface area contributed by atoms with Gasteiger partial charge in [0.2, 0.25) is 23.6 Å². The van der Waals surface area contributed by atoms with Crippen molar-refractivity contribution in [2.45, 2.75) is 26.7 Å². The van der Waals surface area contributed by atoms with Crippen molar-refractivity contribution in [2.75, 3.05) is 9.80 Å². The zero-order valence-corrected chi connectivity index (χ0v) is 30.3. The fourth-order valence-electron chi connectivity index (χ4n) is 9.68. The minimum Gasteiger partial charge on any atom is -0.423 e. The molecule has 8 atom stereocenters. The lowest BCUT2D eigenvalue weighted by atomic mass is 9.85. The van der Waals surface area contributed by atoms with Crippen molar-refractivity contribution in [3.63, 3.8) is 0 Å². The highest BCUT2D eigenvalue weighted by Gasteiger charge is 2.60. The van der Waals surface area contributed by atoms with Crippen LogP contribution in [0.25, 0.3) is 11.1 Å². The summed E-state index contributed by atoms with van der Waals surface area (Å²) in [7, 11) is 0. The number of rotatable bonds is 7. The summed E-state index contributed by atoms with van der Waals surface area (Å²) < 4.78 is 5.60. The van der Waals surface area contributed by atoms with Crippen LogP contribution in [0.15, 0.2) is 121 Å². The van der Waals surface area contributed by atoms with Crippen LogP contribution in [-0.2, 0) is 19.2 Å². The number of hydrogen-bond donors (Lipinski definition) is 0. The standard InChI is InChI=1S/C44H32N2O7.C2H6/c47-39(26-9-15-32(16-10-26)45-40(48)35-28-5-6-29(21-28)36(35)41(45)49)25-3-1-23(2-4-25)24-13-19-34(20-14-24)53-44(52)27-11-17-33(18-12-27)46-42(50)37-30-7-8-31(22-30)38(37)43(46)51;1-2/h1-20,28-31,35-38H,21-22H2;1-2H3. The van der Waals surface area contributed by atoms with E-state index in [1.54, 1.807) is 72.8 Å². The fraction of sp³-hybridized carbons (Fsp3) is 0.261. The van der Waals surface area contributed by atoms with Gasteiger partial charge in [-0.1, -0.05) is 74.5 Å². The molecule has 0 N–H and O–H groups in total. The number of carbonyl (C=O) groups excluding carboxylic acids is 6. The predicted octanol–water partition coefficient (Wildman–Crippen LogP) is 7.45. The molecule has 4 aromatic carbocycles. The van der Waals surface area contributed by atoms with Crippen LogP contribution in [0.3, 0.4) is 0 Å². The van der Waals surface area contributed by atoms with Gasteiger partial charge in [0.15, 0.2) is 5.78 Å². The predicted molar refractivity (Wildman–Crippen MR) is 205 cm³/mol. The summed E-state index contributed by atoms with van der Waals surface area (Å²) >= 11 is 0. The second-order valence-corrected chi connectivity index (χ2v) is 14.9. The fourth-order valence-corrected chi connectivity index (χ4v) is 9.68. The number of ether oxygens (including phenoxy) is 1. The molecule has 2 saturated carbocycles. The van der Waals surface area contributed by atoms with Crippen molar-refractivity contribution in [1.29, 1.82) is 0 Å². The molecule has 4 aliphatic carbocycles. The maximum Gasteiger partial charge on any atom is 0.343 e. The second-order valence-electron chi connectivity index (χ2n) is 14.9. The number of benzene rings is 4. The van der Waals surface area contributed by atoms with Crippen LogP contribution in [0.5, 0.6) is 5.75 Å². The Labute approximate surface area is 318 Å². The Bertz CT molecular complexity index is 2270. The number of fused-ring (bicyclic) bond motifs is 10. The lowest BCUT2D eigenvalue weighted by Gasteiger charge is -2.17. The van der Waals surface area contributed by atoms with Gasteiger partial charge in [-0.15, -0.1) is 0 Å². The Kier molecular flexibility index (Phi) is 8.33. The van der Waals surface area contributed by atoms with Gasteiger partial charge in [-0.2, -0.15) is 0 Å². The lowest BCUT2D eigenvalue weighted by Crippen LogP contribution is -2.32. The van der Waals surface area contributed by atoms with Gasteiger partial charge in [-0.05, 0) is 108 Å². The minimum atomic E-state index is -0.566. The van der Waals surface area contributed by atoms with Crippen LogP contribution in [0.1, 0.15) is 53.0 Å². The summed E-state index contributed by atoms with van der Waals surface area (Å²) in [4.78, 5) is 81.4. The van der Waals surface area contributed by atoms with Gasteiger partial charge < -0.3 is 4.74 Å². The molecular weight excluding hydrogens is 693 g/mol. The molecule has 9 heteroatoms. The number of anilines is 2. The number of imide groups is 2. The molecule has 2 saturated heterocycles. The van der Waals surface area contributed by atoms with Crippen LogP contribution in [0, 0.1) is 47.3 Å². The molecule has 8 unspecified atom stereocenters. The van der Waals surface area contributed by atoms with Crippen molar-refractivity contribution in [3.8, 4) is 16.9 Å². The van der Waals surface area contributed by atoms with E-state index in [9.17, 15) is 28.8 Å². The van der Waals surface area contributed by atoms with Gasteiger partial charge in [0.05, 0.1) is 40.6 Å². The zero-order chi connectivity index (χ0) is 38.1. The number of allylic oxidation sites excluding steroid dienone is 4. The molecule has 4 bridgehead atoms. The van der Waals surface area contributed by atoms with E-state index in [2.05, 4.69) is 24.3 Å². The third-order valence-corrected chi connectivity index (χ3v) is 12.2. The SMILES string of the molecule is CC.O=C(Oc1ccc(-c2ccc(C(=O)c3ccc(N4C(=O)C5C6C=CC(C6)C5C4=O)cc3)cc2)cc1)c1ccc(N2C(=O)C3C4C=CC(C4)C3C2=O)cc1. The van der Waals surface area contributed by atoms with Crippen molar-refractivity contribution in [1.82, 2.24) is 0 Å². The third-order valence-electron chi connectivity index (χ3n) is 12.2. The van der Waals surface area contributed by atoms with Gasteiger partial charge in [0, 0.05) is 11.1 Å². The highest BCUT2D eigenvalue weighted by Crippen LogP contribution is 2.54. The molecule has 4 amide bonds. The maximum absolute atomic E-state index is 13.3. The summed E-state index contributed by atoms with van der Waals surface area (Å²) in [5.74, 6) is -1.61. The number of ketones is 1. The lowest BCUT2D eigenvalue weighted by molar-refractivity contribution is -0.124. The Balaban J connectivity index is 0.00000195. The van der Waals surface area contributed by atoms with Gasteiger partial charge in [0.1, 0.15) is 5.75 Å². The first-order valence-corrected chi connectivity index (χ1v) is 19.0. The quantitative estimate of drug-likeness (QED) is 0.0637. The summed E-state index contributed by atoms with van der Waals surface area (Å²) in [6.45, 7) is 4.00. The maximum atomic E-state index is 13.3. The molecule has 0 spiro atoms. The van der Waals surface area contributed by atoms with E-state index in [1.807, 2.05) is 38.1 Å². The molecule has 6 aliphatic rings. The van der Waals surface area contributed by atoms with Crippen LogP contribution < -0.4 is 14.5 Å². The number of hydrogen-bond acceptors (Lipinski definition) is 7.